The van der Waals surface area contributed by atoms with Gasteiger partial charge in [0.25, 0.3) is 5.56 Å². The number of nitrogens with zero attached hydrogens (tertiary/aromatic N) is 4. The minimum Gasteiger partial charge on any atom is -0.265 e. The maximum absolute atomic E-state index is 12.5. The Morgan fingerprint density at radius 3 is 2.57 bits per heavy atom. The smallest absolute Gasteiger partial charge is 0.265 e. The number of halogens is 1. The van der Waals surface area contributed by atoms with Gasteiger partial charge in [0.15, 0.2) is 4.34 Å². The fraction of sp³-hybridized carbons (Fsp3) is 0.333. The van der Waals surface area contributed by atoms with Gasteiger partial charge in [-0.2, -0.15) is 4.52 Å². The number of hydrogen-bond donors (Lipinski definition) is 0. The fourth-order valence-corrected chi connectivity index (χ4v) is 3.91. The lowest BCUT2D eigenvalue weighted by Crippen LogP contribution is -2.30. The van der Waals surface area contributed by atoms with Crippen LogP contribution in [0.5, 0.6) is 0 Å². The second kappa shape index (κ2) is 6.22. The molecule has 0 N–H and O–H groups in total. The molecule has 3 aromatic rings. The van der Waals surface area contributed by atoms with Gasteiger partial charge in [0, 0.05) is 16.2 Å². The van der Waals surface area contributed by atoms with Gasteiger partial charge >= 0.3 is 0 Å². The van der Waals surface area contributed by atoms with Crippen molar-refractivity contribution >= 4 is 39.7 Å². The summed E-state index contributed by atoms with van der Waals surface area (Å²) in [4.78, 5) is 13.0. The van der Waals surface area contributed by atoms with Crippen LogP contribution in [0, 0.1) is 0 Å². The summed E-state index contributed by atoms with van der Waals surface area (Å²) in [6, 6.07) is 7.68. The zero-order chi connectivity index (χ0) is 16.6. The Morgan fingerprint density at radius 1 is 1.22 bits per heavy atom. The largest absolute Gasteiger partial charge is 0.297 e. The molecule has 0 aliphatic rings. The maximum Gasteiger partial charge on any atom is 0.297 e. The fourth-order valence-electron chi connectivity index (χ4n) is 1.95. The van der Waals surface area contributed by atoms with Crippen LogP contribution in [0.1, 0.15) is 32.0 Å². The van der Waals surface area contributed by atoms with Crippen LogP contribution in [-0.2, 0) is 11.2 Å². The normalized spacial score (nSPS) is 12.0. The molecular formula is C15H15ClN4OS2. The number of fused-ring (bicyclic) bond motifs is 1. The van der Waals surface area contributed by atoms with Crippen molar-refractivity contribution in [3.63, 3.8) is 0 Å². The average Bonchev–Trinajstić information content (AvgIpc) is 2.90. The van der Waals surface area contributed by atoms with E-state index < -0.39 is 0 Å². The molecule has 0 aliphatic heterocycles. The summed E-state index contributed by atoms with van der Waals surface area (Å²) in [5.41, 5.74) is 1.02. The van der Waals surface area contributed by atoms with Crippen molar-refractivity contribution in [2.75, 3.05) is 0 Å². The van der Waals surface area contributed by atoms with E-state index in [1.165, 1.54) is 15.9 Å². The van der Waals surface area contributed by atoms with E-state index in [1.54, 1.807) is 11.8 Å². The van der Waals surface area contributed by atoms with Gasteiger partial charge < -0.3 is 0 Å². The Kier molecular flexibility index (Phi) is 4.44. The average molecular weight is 367 g/mol. The van der Waals surface area contributed by atoms with Gasteiger partial charge in [0.05, 0.1) is 0 Å². The topological polar surface area (TPSA) is 60.1 Å². The molecule has 0 amide bonds. The van der Waals surface area contributed by atoms with E-state index in [0.29, 0.717) is 10.7 Å². The first kappa shape index (κ1) is 16.4. The van der Waals surface area contributed by atoms with Crippen molar-refractivity contribution in [3.8, 4) is 0 Å². The van der Waals surface area contributed by atoms with E-state index in [0.717, 1.165) is 20.7 Å². The summed E-state index contributed by atoms with van der Waals surface area (Å²) < 4.78 is 2.14. The number of benzene rings is 1. The first-order chi connectivity index (χ1) is 10.8. The molecule has 0 fully saturated rings. The van der Waals surface area contributed by atoms with Gasteiger partial charge in [-0.3, -0.25) is 4.79 Å². The molecular weight excluding hydrogens is 352 g/mol. The van der Waals surface area contributed by atoms with E-state index in [4.69, 9.17) is 11.6 Å². The minimum absolute atomic E-state index is 0.197. The van der Waals surface area contributed by atoms with E-state index in [1.807, 2.05) is 45.0 Å². The maximum atomic E-state index is 12.5. The van der Waals surface area contributed by atoms with Crippen LogP contribution in [-0.4, -0.2) is 19.8 Å². The lowest BCUT2D eigenvalue weighted by Gasteiger charge is -2.14. The molecule has 0 spiro atoms. The van der Waals surface area contributed by atoms with Crippen LogP contribution < -0.4 is 5.56 Å². The van der Waals surface area contributed by atoms with Gasteiger partial charge in [0.2, 0.25) is 4.96 Å². The van der Waals surface area contributed by atoms with Crippen molar-refractivity contribution in [1.82, 2.24) is 19.8 Å². The predicted octanol–water partition coefficient (Wildman–Crippen LogP) is 3.79. The Bertz CT molecular complexity index is 896. The highest BCUT2D eigenvalue weighted by molar-refractivity contribution is 8.00. The van der Waals surface area contributed by atoms with Gasteiger partial charge in [-0.1, -0.05) is 67.6 Å². The van der Waals surface area contributed by atoms with E-state index in [-0.39, 0.29) is 11.0 Å². The van der Waals surface area contributed by atoms with Crippen molar-refractivity contribution < 1.29 is 0 Å². The second-order valence-corrected chi connectivity index (χ2v) is 8.70. The van der Waals surface area contributed by atoms with Crippen LogP contribution in [0.4, 0.5) is 0 Å². The molecule has 2 aromatic heterocycles. The summed E-state index contributed by atoms with van der Waals surface area (Å²) >= 11 is 8.81. The first-order valence-corrected chi connectivity index (χ1v) is 9.17. The quantitative estimate of drug-likeness (QED) is 0.660. The van der Waals surface area contributed by atoms with E-state index >= 15 is 0 Å². The van der Waals surface area contributed by atoms with Crippen molar-refractivity contribution in [2.24, 2.45) is 0 Å². The molecule has 0 saturated carbocycles. The van der Waals surface area contributed by atoms with Crippen LogP contribution in [0.2, 0.25) is 5.02 Å². The Labute approximate surface area is 146 Å². The Balaban J connectivity index is 1.87. The van der Waals surface area contributed by atoms with Crippen LogP contribution in [0.15, 0.2) is 33.4 Å². The number of hydrogen-bond acceptors (Lipinski definition) is 6. The lowest BCUT2D eigenvalue weighted by atomic mass is 9.93. The first-order valence-electron chi connectivity index (χ1n) is 6.99. The SMILES string of the molecule is CC(C)(C)c1nnc2sc(SCc3ccc(Cl)cc3)nn2c1=O. The van der Waals surface area contributed by atoms with E-state index in [9.17, 15) is 4.79 Å². The third-order valence-electron chi connectivity index (χ3n) is 3.16. The Hall–Kier alpha value is -1.44. The Morgan fingerprint density at radius 2 is 1.91 bits per heavy atom. The van der Waals surface area contributed by atoms with Gasteiger partial charge in [-0.25, -0.2) is 0 Å². The standard InChI is InChI=1S/C15H15ClN4OS2/c1-15(2,3)11-12(21)20-13(18-17-11)23-14(19-20)22-8-9-4-6-10(16)7-5-9/h4-7H,8H2,1-3H3. The molecule has 0 atom stereocenters. The number of rotatable bonds is 3. The highest BCUT2D eigenvalue weighted by Gasteiger charge is 2.23. The van der Waals surface area contributed by atoms with Crippen LogP contribution >= 0.6 is 34.7 Å². The summed E-state index contributed by atoms with van der Waals surface area (Å²) in [5.74, 6) is 0.755. The summed E-state index contributed by atoms with van der Waals surface area (Å²) in [6.45, 7) is 5.81. The van der Waals surface area contributed by atoms with Gasteiger partial charge in [-0.05, 0) is 17.7 Å². The molecule has 23 heavy (non-hydrogen) atoms. The van der Waals surface area contributed by atoms with Crippen molar-refractivity contribution in [3.05, 3.63) is 50.9 Å². The number of aromatic nitrogens is 4. The molecule has 0 radical (unpaired) electrons. The molecule has 8 heteroatoms. The molecule has 1 aromatic carbocycles. The molecule has 5 nitrogen and oxygen atoms in total. The predicted molar refractivity (Wildman–Crippen MR) is 94.6 cm³/mol. The van der Waals surface area contributed by atoms with E-state index in [2.05, 4.69) is 15.3 Å². The van der Waals surface area contributed by atoms with Gasteiger partial charge in [-0.15, -0.1) is 15.3 Å². The van der Waals surface area contributed by atoms with Crippen molar-refractivity contribution in [2.45, 2.75) is 36.3 Å². The summed E-state index contributed by atoms with van der Waals surface area (Å²) in [5, 5.41) is 13.3. The van der Waals surface area contributed by atoms with Crippen LogP contribution in [0.3, 0.4) is 0 Å². The molecule has 0 aliphatic carbocycles. The van der Waals surface area contributed by atoms with Gasteiger partial charge in [0.1, 0.15) is 5.69 Å². The van der Waals surface area contributed by atoms with Crippen LogP contribution in [0.25, 0.3) is 4.96 Å². The summed E-state index contributed by atoms with van der Waals surface area (Å²) in [6.07, 6.45) is 0. The lowest BCUT2D eigenvalue weighted by molar-refractivity contribution is 0.541. The highest BCUT2D eigenvalue weighted by Crippen LogP contribution is 2.27. The molecule has 3 rings (SSSR count). The highest BCUT2D eigenvalue weighted by atomic mass is 35.5. The molecule has 0 unspecified atom stereocenters. The van der Waals surface area contributed by atoms with Crippen molar-refractivity contribution in [1.29, 1.82) is 0 Å². The molecule has 0 saturated heterocycles. The minimum atomic E-state index is -0.356. The monoisotopic (exact) mass is 366 g/mol. The zero-order valence-corrected chi connectivity index (χ0v) is 15.3. The zero-order valence-electron chi connectivity index (χ0n) is 12.9. The molecule has 120 valence electrons. The molecule has 0 bridgehead atoms. The number of thioether (sulfide) groups is 1. The third-order valence-corrected chi connectivity index (χ3v) is 5.51. The molecule has 2 heterocycles. The third kappa shape index (κ3) is 3.57. The summed E-state index contributed by atoms with van der Waals surface area (Å²) in [7, 11) is 0. The second-order valence-electron chi connectivity index (χ2n) is 6.08.